The number of pyridine rings is 1. The Bertz CT molecular complexity index is 976. The van der Waals surface area contributed by atoms with E-state index < -0.39 is 16.1 Å². The van der Waals surface area contributed by atoms with Crippen LogP contribution in [0.4, 0.5) is 0 Å². The highest BCUT2D eigenvalue weighted by molar-refractivity contribution is 7.89. The molecule has 1 atom stereocenters. The smallest absolute Gasteiger partial charge is 0.241 e. The average molecular weight is 370 g/mol. The summed E-state index contributed by atoms with van der Waals surface area (Å²) in [7, 11) is -3.76. The fourth-order valence-corrected chi connectivity index (χ4v) is 4.84. The predicted octanol–water partition coefficient (Wildman–Crippen LogP) is 2.18. The van der Waals surface area contributed by atoms with Gasteiger partial charge in [0.25, 0.3) is 10.0 Å². The molecule has 4 rings (SSSR count). The van der Waals surface area contributed by atoms with Crippen molar-refractivity contribution in [2.24, 2.45) is 0 Å². The van der Waals surface area contributed by atoms with Crippen LogP contribution in [0.15, 0.2) is 53.6 Å². The molecule has 1 unspecified atom stereocenters. The number of benzene rings is 1. The second-order valence-electron chi connectivity index (χ2n) is 6.14. The van der Waals surface area contributed by atoms with Crippen molar-refractivity contribution >= 4 is 10.0 Å². The van der Waals surface area contributed by atoms with Crippen molar-refractivity contribution in [1.82, 2.24) is 29.9 Å². The van der Waals surface area contributed by atoms with Crippen molar-refractivity contribution in [1.29, 1.82) is 0 Å². The van der Waals surface area contributed by atoms with Gasteiger partial charge in [-0.2, -0.15) is 4.31 Å². The Morgan fingerprint density at radius 2 is 1.88 bits per heavy atom. The van der Waals surface area contributed by atoms with E-state index in [0.717, 1.165) is 18.4 Å². The lowest BCUT2D eigenvalue weighted by Gasteiger charge is -2.32. The van der Waals surface area contributed by atoms with Gasteiger partial charge in [-0.15, -0.1) is 5.10 Å². The maximum Gasteiger partial charge on any atom is 0.261 e. The van der Waals surface area contributed by atoms with E-state index in [2.05, 4.69) is 25.6 Å². The number of nitrogens with one attached hydrogen (secondary N) is 1. The first-order valence-corrected chi connectivity index (χ1v) is 9.88. The van der Waals surface area contributed by atoms with Gasteiger partial charge in [0.15, 0.2) is 10.9 Å². The molecule has 0 saturated carbocycles. The van der Waals surface area contributed by atoms with Crippen molar-refractivity contribution < 1.29 is 8.42 Å². The summed E-state index contributed by atoms with van der Waals surface area (Å²) in [4.78, 5) is 4.41. The summed E-state index contributed by atoms with van der Waals surface area (Å²) in [6.07, 6.45) is 2.40. The molecule has 1 aromatic carbocycles. The fraction of sp³-hybridized carbons (Fsp3) is 0.294. The van der Waals surface area contributed by atoms with E-state index in [9.17, 15) is 8.42 Å². The number of nitrogens with zero attached hydrogens (tertiary/aromatic N) is 5. The number of aromatic amines is 1. The number of piperidine rings is 1. The summed E-state index contributed by atoms with van der Waals surface area (Å²) in [6.45, 7) is 0.422. The Balaban J connectivity index is 1.72. The molecular formula is C17H18N6O2S. The van der Waals surface area contributed by atoms with E-state index in [1.807, 2.05) is 36.4 Å². The first kappa shape index (κ1) is 16.8. The summed E-state index contributed by atoms with van der Waals surface area (Å²) in [5.74, 6) is 0.465. The first-order valence-electron chi connectivity index (χ1n) is 8.44. The minimum absolute atomic E-state index is 0.0400. The Kier molecular flexibility index (Phi) is 4.48. The minimum atomic E-state index is -3.76. The molecule has 0 amide bonds. The van der Waals surface area contributed by atoms with Gasteiger partial charge < -0.3 is 0 Å². The molecule has 0 bridgehead atoms. The van der Waals surface area contributed by atoms with Crippen molar-refractivity contribution in [2.45, 2.75) is 30.3 Å². The number of sulfonamides is 1. The van der Waals surface area contributed by atoms with Crippen LogP contribution in [0.25, 0.3) is 11.3 Å². The van der Waals surface area contributed by atoms with Gasteiger partial charge >= 0.3 is 0 Å². The molecule has 2 aromatic heterocycles. The van der Waals surface area contributed by atoms with Gasteiger partial charge in [0.1, 0.15) is 0 Å². The average Bonchev–Trinajstić information content (AvgIpc) is 3.23. The molecule has 134 valence electrons. The molecule has 26 heavy (non-hydrogen) atoms. The van der Waals surface area contributed by atoms with Gasteiger partial charge in [0.2, 0.25) is 0 Å². The van der Waals surface area contributed by atoms with E-state index in [0.29, 0.717) is 24.5 Å². The Morgan fingerprint density at radius 1 is 1.04 bits per heavy atom. The third kappa shape index (κ3) is 3.11. The summed E-state index contributed by atoms with van der Waals surface area (Å²) < 4.78 is 28.0. The fourth-order valence-electron chi connectivity index (χ4n) is 3.22. The molecule has 3 aromatic rings. The van der Waals surface area contributed by atoms with E-state index >= 15 is 0 Å². The zero-order chi connectivity index (χ0) is 18.0. The topological polar surface area (TPSA) is 105 Å². The molecule has 1 fully saturated rings. The molecule has 1 aliphatic heterocycles. The minimum Gasteiger partial charge on any atom is -0.241 e. The van der Waals surface area contributed by atoms with Crippen molar-refractivity contribution in [3.05, 3.63) is 54.4 Å². The molecular weight excluding hydrogens is 352 g/mol. The van der Waals surface area contributed by atoms with Crippen LogP contribution in [0, 0.1) is 0 Å². The van der Waals surface area contributed by atoms with Crippen molar-refractivity contribution in [2.75, 3.05) is 6.54 Å². The van der Waals surface area contributed by atoms with E-state index in [4.69, 9.17) is 0 Å². The van der Waals surface area contributed by atoms with Crippen LogP contribution in [0.2, 0.25) is 0 Å². The first-order chi connectivity index (χ1) is 12.7. The summed E-state index contributed by atoms with van der Waals surface area (Å²) in [6, 6.07) is 14.2. The quantitative estimate of drug-likeness (QED) is 0.755. The maximum absolute atomic E-state index is 13.3. The van der Waals surface area contributed by atoms with E-state index in [-0.39, 0.29) is 5.03 Å². The Hall–Kier alpha value is -2.65. The summed E-state index contributed by atoms with van der Waals surface area (Å²) in [5.41, 5.74) is 1.50. The number of rotatable bonds is 4. The molecule has 1 N–H and O–H groups in total. The number of H-pyrrole nitrogens is 1. The van der Waals surface area contributed by atoms with Gasteiger partial charge in [-0.3, -0.25) is 0 Å². The monoisotopic (exact) mass is 370 g/mol. The molecule has 1 aliphatic rings. The molecule has 9 heteroatoms. The van der Waals surface area contributed by atoms with Crippen molar-refractivity contribution in [3.63, 3.8) is 0 Å². The maximum atomic E-state index is 13.3. The van der Waals surface area contributed by atoms with Crippen LogP contribution < -0.4 is 0 Å². The normalized spacial score (nSPS) is 18.7. The van der Waals surface area contributed by atoms with Gasteiger partial charge in [0, 0.05) is 12.1 Å². The molecule has 0 aliphatic carbocycles. The highest BCUT2D eigenvalue weighted by Crippen LogP contribution is 2.33. The predicted molar refractivity (Wildman–Crippen MR) is 94.3 cm³/mol. The highest BCUT2D eigenvalue weighted by atomic mass is 32.2. The van der Waals surface area contributed by atoms with Gasteiger partial charge in [0.05, 0.1) is 11.7 Å². The largest absolute Gasteiger partial charge is 0.261 e. The van der Waals surface area contributed by atoms with Crippen LogP contribution in [-0.2, 0) is 10.0 Å². The van der Waals surface area contributed by atoms with Crippen LogP contribution in [0.1, 0.15) is 31.1 Å². The van der Waals surface area contributed by atoms with Crippen LogP contribution in [0.5, 0.6) is 0 Å². The third-order valence-electron chi connectivity index (χ3n) is 4.50. The lowest BCUT2D eigenvalue weighted by Crippen LogP contribution is -2.39. The highest BCUT2D eigenvalue weighted by Gasteiger charge is 2.37. The Morgan fingerprint density at radius 3 is 2.65 bits per heavy atom. The molecule has 8 nitrogen and oxygen atoms in total. The third-order valence-corrected chi connectivity index (χ3v) is 6.31. The number of hydrogen-bond acceptors (Lipinski definition) is 6. The second-order valence-corrected chi connectivity index (χ2v) is 7.98. The standard InChI is InChI=1S/C17H18N6O2S/c24-26(25,23-12-5-4-10-15(23)17-19-21-22-20-17)16-11-6-9-14(18-16)13-7-2-1-3-8-13/h1-3,6-9,11,15H,4-5,10,12H2,(H,19,20,21,22). The van der Waals surface area contributed by atoms with Crippen LogP contribution in [0.3, 0.4) is 0 Å². The SMILES string of the molecule is O=S(=O)(c1cccc(-c2ccccc2)n1)N1CCCCC1c1nnn[nH]1. The molecule has 1 saturated heterocycles. The number of tetrazole rings is 1. The van der Waals surface area contributed by atoms with Gasteiger partial charge in [-0.25, -0.2) is 18.5 Å². The second kappa shape index (κ2) is 6.93. The van der Waals surface area contributed by atoms with Gasteiger partial charge in [-0.1, -0.05) is 42.8 Å². The lowest BCUT2D eigenvalue weighted by molar-refractivity contribution is 0.246. The zero-order valence-electron chi connectivity index (χ0n) is 14.0. The van der Waals surface area contributed by atoms with Crippen LogP contribution in [-0.4, -0.2) is 44.9 Å². The van der Waals surface area contributed by atoms with Crippen molar-refractivity contribution in [3.8, 4) is 11.3 Å². The lowest BCUT2D eigenvalue weighted by atomic mass is 10.0. The molecule has 0 radical (unpaired) electrons. The van der Waals surface area contributed by atoms with E-state index in [1.54, 1.807) is 6.07 Å². The summed E-state index contributed by atoms with van der Waals surface area (Å²) >= 11 is 0. The molecule has 3 heterocycles. The number of aromatic nitrogens is 5. The van der Waals surface area contributed by atoms with Crippen LogP contribution >= 0.6 is 0 Å². The van der Waals surface area contributed by atoms with E-state index in [1.165, 1.54) is 10.4 Å². The Labute approximate surface area is 151 Å². The molecule has 0 spiro atoms. The zero-order valence-corrected chi connectivity index (χ0v) is 14.8. The number of hydrogen-bond donors (Lipinski definition) is 1. The summed E-state index contributed by atoms with van der Waals surface area (Å²) in [5, 5.41) is 13.8. The van der Waals surface area contributed by atoms with Gasteiger partial charge in [-0.05, 0) is 35.4 Å².